The molecule has 0 aliphatic heterocycles. The fraction of sp³-hybridized carbons (Fsp3) is 0.316. The summed E-state index contributed by atoms with van der Waals surface area (Å²) >= 11 is 5.50. The molecule has 1 atom stereocenters. The lowest BCUT2D eigenvalue weighted by molar-refractivity contribution is 0.481. The molecular weight excluding hydrogens is 288 g/mol. The van der Waals surface area contributed by atoms with Crippen molar-refractivity contribution >= 4 is 23.0 Å². The second-order valence-electron chi connectivity index (χ2n) is 6.01. The van der Waals surface area contributed by atoms with Gasteiger partial charge in [-0.2, -0.15) is 0 Å². The number of para-hydroxylation sites is 1. The van der Waals surface area contributed by atoms with Gasteiger partial charge in [-0.15, -0.1) is 0 Å². The molecule has 0 heterocycles. The molecule has 0 unspecified atom stereocenters. The molecule has 2 N–H and O–H groups in total. The van der Waals surface area contributed by atoms with Gasteiger partial charge >= 0.3 is 0 Å². The summed E-state index contributed by atoms with van der Waals surface area (Å²) in [5.74, 6) is 0.596. The molecule has 0 fully saturated rings. The second kappa shape index (κ2) is 7.95. The van der Waals surface area contributed by atoms with Gasteiger partial charge in [0.25, 0.3) is 0 Å². The van der Waals surface area contributed by atoms with Crippen LogP contribution in [-0.4, -0.2) is 5.11 Å². The Hall–Kier alpha value is -1.87. The highest BCUT2D eigenvalue weighted by molar-refractivity contribution is 7.80. The molecule has 0 radical (unpaired) electrons. The van der Waals surface area contributed by atoms with Crippen LogP contribution in [0.3, 0.4) is 0 Å². The van der Waals surface area contributed by atoms with Crippen molar-refractivity contribution in [3.8, 4) is 0 Å². The van der Waals surface area contributed by atoms with E-state index >= 15 is 0 Å². The van der Waals surface area contributed by atoms with Gasteiger partial charge in [-0.25, -0.2) is 0 Å². The van der Waals surface area contributed by atoms with E-state index in [0.717, 1.165) is 12.1 Å². The fourth-order valence-corrected chi connectivity index (χ4v) is 2.72. The predicted molar refractivity (Wildman–Crippen MR) is 99.2 cm³/mol. The predicted octanol–water partition coefficient (Wildman–Crippen LogP) is 5.07. The van der Waals surface area contributed by atoms with Crippen molar-refractivity contribution in [1.82, 2.24) is 5.32 Å². The molecule has 2 rings (SSSR count). The van der Waals surface area contributed by atoms with Gasteiger partial charge in [0.1, 0.15) is 0 Å². The fourth-order valence-electron chi connectivity index (χ4n) is 2.46. The molecule has 0 aromatic heterocycles. The lowest BCUT2D eigenvalue weighted by atomic mass is 9.97. The average Bonchev–Trinajstić information content (AvgIpc) is 2.49. The molecule has 22 heavy (non-hydrogen) atoms. The standard InChI is InChI=1S/C19H24N2S/c1-14(2)13-18(16-10-5-4-6-11-16)21-19(22)20-17-12-8-7-9-15(17)3/h4-12,14,18H,13H2,1-3H3,(H2,20,21,22)/t18-/m0/s1. The van der Waals surface area contributed by atoms with Crippen LogP contribution in [0.1, 0.15) is 37.4 Å². The number of thiocarbonyl (C=S) groups is 1. The number of hydrogen-bond acceptors (Lipinski definition) is 1. The average molecular weight is 312 g/mol. The maximum Gasteiger partial charge on any atom is 0.171 e. The van der Waals surface area contributed by atoms with Crippen molar-refractivity contribution in [3.63, 3.8) is 0 Å². The van der Waals surface area contributed by atoms with Crippen LogP contribution in [0.2, 0.25) is 0 Å². The topological polar surface area (TPSA) is 24.1 Å². The van der Waals surface area contributed by atoms with Gasteiger partial charge in [0.05, 0.1) is 6.04 Å². The number of hydrogen-bond donors (Lipinski definition) is 2. The monoisotopic (exact) mass is 312 g/mol. The Labute approximate surface area is 139 Å². The SMILES string of the molecule is Cc1ccccc1NC(=S)N[C@@H](CC(C)C)c1ccccc1. The Morgan fingerprint density at radius 1 is 1.00 bits per heavy atom. The van der Waals surface area contributed by atoms with E-state index in [2.05, 4.69) is 61.7 Å². The zero-order valence-electron chi connectivity index (χ0n) is 13.5. The number of rotatable bonds is 5. The molecule has 2 nitrogen and oxygen atoms in total. The Morgan fingerprint density at radius 3 is 2.27 bits per heavy atom. The maximum atomic E-state index is 5.50. The molecule has 0 bridgehead atoms. The second-order valence-corrected chi connectivity index (χ2v) is 6.41. The number of nitrogens with one attached hydrogen (secondary N) is 2. The smallest absolute Gasteiger partial charge is 0.171 e. The molecule has 0 aliphatic carbocycles. The largest absolute Gasteiger partial charge is 0.356 e. The third-order valence-corrected chi connectivity index (χ3v) is 3.83. The van der Waals surface area contributed by atoms with E-state index in [1.165, 1.54) is 11.1 Å². The third-order valence-electron chi connectivity index (χ3n) is 3.61. The van der Waals surface area contributed by atoms with Crippen LogP contribution in [0.5, 0.6) is 0 Å². The Bertz CT molecular complexity index is 608. The van der Waals surface area contributed by atoms with Crippen molar-refractivity contribution in [3.05, 3.63) is 65.7 Å². The molecule has 2 aromatic rings. The van der Waals surface area contributed by atoms with E-state index in [1.807, 2.05) is 24.3 Å². The van der Waals surface area contributed by atoms with Gasteiger partial charge in [-0.05, 0) is 48.7 Å². The van der Waals surface area contributed by atoms with E-state index in [1.54, 1.807) is 0 Å². The Kier molecular flexibility index (Phi) is 5.96. The van der Waals surface area contributed by atoms with E-state index < -0.39 is 0 Å². The third kappa shape index (κ3) is 4.85. The Morgan fingerprint density at radius 2 is 1.64 bits per heavy atom. The first kappa shape index (κ1) is 16.5. The first-order valence-electron chi connectivity index (χ1n) is 7.74. The highest BCUT2D eigenvalue weighted by Crippen LogP contribution is 2.21. The normalized spacial score (nSPS) is 12.0. The van der Waals surface area contributed by atoms with E-state index in [4.69, 9.17) is 12.2 Å². The molecule has 0 spiro atoms. The van der Waals surface area contributed by atoms with Crippen molar-refractivity contribution < 1.29 is 0 Å². The van der Waals surface area contributed by atoms with Crippen LogP contribution < -0.4 is 10.6 Å². The molecule has 0 aliphatic rings. The van der Waals surface area contributed by atoms with Crippen LogP contribution in [0.25, 0.3) is 0 Å². The summed E-state index contributed by atoms with van der Waals surface area (Å²) < 4.78 is 0. The number of aryl methyl sites for hydroxylation is 1. The quantitative estimate of drug-likeness (QED) is 0.754. The Balaban J connectivity index is 2.07. The highest BCUT2D eigenvalue weighted by atomic mass is 32.1. The molecular formula is C19H24N2S. The lowest BCUT2D eigenvalue weighted by Gasteiger charge is -2.23. The van der Waals surface area contributed by atoms with Crippen molar-refractivity contribution in [1.29, 1.82) is 0 Å². The first-order valence-corrected chi connectivity index (χ1v) is 8.15. The molecule has 3 heteroatoms. The van der Waals surface area contributed by atoms with Crippen molar-refractivity contribution in [2.45, 2.75) is 33.2 Å². The summed E-state index contributed by atoms with van der Waals surface area (Å²) in [6.07, 6.45) is 1.04. The summed E-state index contributed by atoms with van der Waals surface area (Å²) in [7, 11) is 0. The van der Waals surface area contributed by atoms with Gasteiger partial charge in [0.2, 0.25) is 0 Å². The molecule has 2 aromatic carbocycles. The summed E-state index contributed by atoms with van der Waals surface area (Å²) in [5.41, 5.74) is 3.51. The van der Waals surface area contributed by atoms with Crippen LogP contribution in [0.15, 0.2) is 54.6 Å². The zero-order chi connectivity index (χ0) is 15.9. The van der Waals surface area contributed by atoms with Crippen molar-refractivity contribution in [2.75, 3.05) is 5.32 Å². The molecule has 0 saturated carbocycles. The van der Waals surface area contributed by atoms with E-state index in [-0.39, 0.29) is 6.04 Å². The summed E-state index contributed by atoms with van der Waals surface area (Å²) in [6.45, 7) is 6.54. The van der Waals surface area contributed by atoms with Gasteiger partial charge in [-0.1, -0.05) is 62.4 Å². The van der Waals surface area contributed by atoms with Crippen molar-refractivity contribution in [2.24, 2.45) is 5.92 Å². The minimum absolute atomic E-state index is 0.227. The van der Waals surface area contributed by atoms with Crippen LogP contribution in [0, 0.1) is 12.8 Å². The van der Waals surface area contributed by atoms with Gasteiger partial charge in [0, 0.05) is 5.69 Å². The summed E-state index contributed by atoms with van der Waals surface area (Å²) in [4.78, 5) is 0. The summed E-state index contributed by atoms with van der Waals surface area (Å²) in [6, 6.07) is 18.9. The first-order chi connectivity index (χ1) is 10.6. The minimum Gasteiger partial charge on any atom is -0.356 e. The van der Waals surface area contributed by atoms with Gasteiger partial charge in [0.15, 0.2) is 5.11 Å². The molecule has 0 saturated heterocycles. The molecule has 116 valence electrons. The van der Waals surface area contributed by atoms with Gasteiger partial charge in [-0.3, -0.25) is 0 Å². The van der Waals surface area contributed by atoms with E-state index in [9.17, 15) is 0 Å². The number of benzene rings is 2. The molecule has 0 amide bonds. The summed E-state index contributed by atoms with van der Waals surface area (Å²) in [5, 5.41) is 7.43. The van der Waals surface area contributed by atoms with Crippen LogP contribution in [0.4, 0.5) is 5.69 Å². The maximum absolute atomic E-state index is 5.50. The lowest BCUT2D eigenvalue weighted by Crippen LogP contribution is -2.33. The van der Waals surface area contributed by atoms with Crippen LogP contribution in [-0.2, 0) is 0 Å². The number of anilines is 1. The van der Waals surface area contributed by atoms with E-state index in [0.29, 0.717) is 11.0 Å². The minimum atomic E-state index is 0.227. The van der Waals surface area contributed by atoms with Crippen LogP contribution >= 0.6 is 12.2 Å². The highest BCUT2D eigenvalue weighted by Gasteiger charge is 2.14. The van der Waals surface area contributed by atoms with Gasteiger partial charge < -0.3 is 10.6 Å². The zero-order valence-corrected chi connectivity index (χ0v) is 14.3.